The van der Waals surface area contributed by atoms with Crippen molar-refractivity contribution in [2.24, 2.45) is 5.73 Å². The molecule has 2 aromatic rings. The van der Waals surface area contributed by atoms with E-state index < -0.39 is 12.1 Å². The van der Waals surface area contributed by atoms with Crippen molar-refractivity contribution in [1.82, 2.24) is 4.57 Å². The molecule has 0 amide bonds. The van der Waals surface area contributed by atoms with Crippen LogP contribution in [0.3, 0.4) is 0 Å². The predicted molar refractivity (Wildman–Crippen MR) is 77.9 cm³/mol. The number of aromatic nitrogens is 1. The Hall–Kier alpha value is -1.85. The third-order valence-electron chi connectivity index (χ3n) is 3.49. The number of carboxylic acid groups (broad SMARTS) is 1. The molecule has 1 heterocycles. The van der Waals surface area contributed by atoms with Gasteiger partial charge in [0.1, 0.15) is 0 Å². The highest BCUT2D eigenvalue weighted by atomic mass is 16.4. The van der Waals surface area contributed by atoms with Crippen molar-refractivity contribution in [3.05, 3.63) is 35.0 Å². The highest BCUT2D eigenvalue weighted by molar-refractivity contribution is 5.96. The largest absolute Gasteiger partial charge is 0.478 e. The first kappa shape index (κ1) is 14.6. The normalized spacial score (nSPS) is 12.8. The number of aryl methyl sites for hydroxylation is 2. The van der Waals surface area contributed by atoms with E-state index in [1.807, 2.05) is 17.7 Å². The van der Waals surface area contributed by atoms with Crippen LogP contribution >= 0.6 is 0 Å². The van der Waals surface area contributed by atoms with Crippen LogP contribution in [0.2, 0.25) is 0 Å². The number of aliphatic hydroxyl groups is 1. The van der Waals surface area contributed by atoms with Crippen molar-refractivity contribution >= 4 is 16.9 Å². The number of aliphatic hydroxyl groups excluding tert-OH is 1. The van der Waals surface area contributed by atoms with Crippen molar-refractivity contribution in [2.45, 2.75) is 32.9 Å². The van der Waals surface area contributed by atoms with Crippen LogP contribution in [0.1, 0.15) is 40.9 Å². The maximum atomic E-state index is 11.2. The molecule has 1 unspecified atom stereocenters. The van der Waals surface area contributed by atoms with E-state index in [9.17, 15) is 9.90 Å². The average Bonchev–Trinajstić information content (AvgIpc) is 2.75. The van der Waals surface area contributed by atoms with Crippen LogP contribution in [-0.4, -0.2) is 27.3 Å². The predicted octanol–water partition coefficient (Wildman–Crippen LogP) is 2.05. The van der Waals surface area contributed by atoms with Gasteiger partial charge in [-0.1, -0.05) is 0 Å². The van der Waals surface area contributed by atoms with Crippen molar-refractivity contribution in [1.29, 1.82) is 0 Å². The third-order valence-corrected chi connectivity index (χ3v) is 3.49. The van der Waals surface area contributed by atoms with Crippen LogP contribution in [0, 0.1) is 6.92 Å². The average molecular weight is 276 g/mol. The standard InChI is InChI=1S/C15H20N2O3/c1-9-6-11(15(19)20)7-12-13(10(2)18)8-17(14(9)12)5-3-4-16/h6-8,10,18H,3-5,16H2,1-2H3,(H,19,20). The van der Waals surface area contributed by atoms with Crippen molar-refractivity contribution in [3.8, 4) is 0 Å². The minimum Gasteiger partial charge on any atom is -0.478 e. The molecule has 0 saturated carbocycles. The topological polar surface area (TPSA) is 88.5 Å². The summed E-state index contributed by atoms with van der Waals surface area (Å²) in [5.41, 5.74) is 8.41. The van der Waals surface area contributed by atoms with Crippen LogP contribution in [0.4, 0.5) is 0 Å². The van der Waals surface area contributed by atoms with Gasteiger partial charge in [0.2, 0.25) is 0 Å². The van der Waals surface area contributed by atoms with Crippen LogP contribution < -0.4 is 5.73 Å². The van der Waals surface area contributed by atoms with E-state index in [4.69, 9.17) is 10.8 Å². The van der Waals surface area contributed by atoms with Crippen molar-refractivity contribution in [2.75, 3.05) is 6.54 Å². The second-order valence-electron chi connectivity index (χ2n) is 5.09. The summed E-state index contributed by atoms with van der Waals surface area (Å²) < 4.78 is 2.05. The van der Waals surface area contributed by atoms with E-state index in [-0.39, 0.29) is 5.56 Å². The van der Waals surface area contributed by atoms with E-state index in [0.717, 1.165) is 35.0 Å². The van der Waals surface area contributed by atoms with E-state index in [1.165, 1.54) is 0 Å². The Morgan fingerprint density at radius 3 is 2.70 bits per heavy atom. The number of rotatable bonds is 5. The molecule has 5 nitrogen and oxygen atoms in total. The van der Waals surface area contributed by atoms with Gasteiger partial charge in [-0.25, -0.2) is 4.79 Å². The van der Waals surface area contributed by atoms with Gasteiger partial charge in [-0.3, -0.25) is 0 Å². The molecule has 2 rings (SSSR count). The molecular formula is C15H20N2O3. The molecule has 1 atom stereocenters. The molecule has 0 saturated heterocycles. The number of aromatic carboxylic acids is 1. The van der Waals surface area contributed by atoms with Gasteiger partial charge in [0, 0.05) is 23.7 Å². The zero-order chi connectivity index (χ0) is 14.9. The molecule has 1 aromatic heterocycles. The van der Waals surface area contributed by atoms with Crippen LogP contribution in [0.25, 0.3) is 10.9 Å². The van der Waals surface area contributed by atoms with Gasteiger partial charge >= 0.3 is 5.97 Å². The lowest BCUT2D eigenvalue weighted by Crippen LogP contribution is -2.05. The van der Waals surface area contributed by atoms with Crippen LogP contribution in [0.15, 0.2) is 18.3 Å². The molecule has 20 heavy (non-hydrogen) atoms. The maximum absolute atomic E-state index is 11.2. The zero-order valence-electron chi connectivity index (χ0n) is 11.8. The fourth-order valence-electron chi connectivity index (χ4n) is 2.58. The SMILES string of the molecule is Cc1cc(C(=O)O)cc2c(C(C)O)cn(CCCN)c12. The number of carbonyl (C=O) groups is 1. The molecule has 0 aliphatic rings. The van der Waals surface area contributed by atoms with Gasteiger partial charge in [0.15, 0.2) is 0 Å². The van der Waals surface area contributed by atoms with Gasteiger partial charge < -0.3 is 20.5 Å². The molecule has 0 aliphatic heterocycles. The molecule has 0 radical (unpaired) electrons. The minimum atomic E-state index is -0.957. The van der Waals surface area contributed by atoms with Gasteiger partial charge in [0.25, 0.3) is 0 Å². The first-order chi connectivity index (χ1) is 9.45. The molecule has 108 valence electrons. The third kappa shape index (κ3) is 2.55. The summed E-state index contributed by atoms with van der Waals surface area (Å²) in [7, 11) is 0. The smallest absolute Gasteiger partial charge is 0.335 e. The quantitative estimate of drug-likeness (QED) is 0.779. The summed E-state index contributed by atoms with van der Waals surface area (Å²) >= 11 is 0. The molecule has 4 N–H and O–H groups in total. The number of nitrogens with two attached hydrogens (primary N) is 1. The first-order valence-electron chi connectivity index (χ1n) is 6.70. The van der Waals surface area contributed by atoms with E-state index in [0.29, 0.717) is 6.54 Å². The second-order valence-corrected chi connectivity index (χ2v) is 5.09. The Morgan fingerprint density at radius 1 is 1.45 bits per heavy atom. The minimum absolute atomic E-state index is 0.244. The van der Waals surface area contributed by atoms with E-state index >= 15 is 0 Å². The lowest BCUT2D eigenvalue weighted by molar-refractivity contribution is 0.0697. The molecule has 0 fully saturated rings. The summed E-state index contributed by atoms with van der Waals surface area (Å²) in [6.07, 6.45) is 2.09. The Labute approximate surface area is 117 Å². The van der Waals surface area contributed by atoms with Crippen LogP contribution in [0.5, 0.6) is 0 Å². The number of benzene rings is 1. The highest BCUT2D eigenvalue weighted by Gasteiger charge is 2.16. The summed E-state index contributed by atoms with van der Waals surface area (Å²) in [4.78, 5) is 11.2. The molecule has 0 aliphatic carbocycles. The lowest BCUT2D eigenvalue weighted by atomic mass is 10.0. The number of carboxylic acids is 1. The first-order valence-corrected chi connectivity index (χ1v) is 6.70. The number of fused-ring (bicyclic) bond motifs is 1. The van der Waals surface area contributed by atoms with Gasteiger partial charge in [-0.05, 0) is 44.5 Å². The highest BCUT2D eigenvalue weighted by Crippen LogP contribution is 2.30. The number of nitrogens with zero attached hydrogens (tertiary/aromatic N) is 1. The summed E-state index contributed by atoms with van der Waals surface area (Å²) in [5, 5.41) is 19.9. The zero-order valence-corrected chi connectivity index (χ0v) is 11.8. The Morgan fingerprint density at radius 2 is 2.15 bits per heavy atom. The number of hydrogen-bond acceptors (Lipinski definition) is 3. The molecule has 0 spiro atoms. The maximum Gasteiger partial charge on any atom is 0.335 e. The molecule has 1 aromatic carbocycles. The Bertz CT molecular complexity index is 644. The van der Waals surface area contributed by atoms with Crippen molar-refractivity contribution in [3.63, 3.8) is 0 Å². The second kappa shape index (κ2) is 5.64. The Kier molecular flexibility index (Phi) is 4.11. The summed E-state index contributed by atoms with van der Waals surface area (Å²) in [6.45, 7) is 4.92. The fourth-order valence-corrected chi connectivity index (χ4v) is 2.58. The lowest BCUT2D eigenvalue weighted by Gasteiger charge is -2.07. The monoisotopic (exact) mass is 276 g/mol. The fraction of sp³-hybridized carbons (Fsp3) is 0.400. The van der Waals surface area contributed by atoms with Gasteiger partial charge in [0.05, 0.1) is 17.2 Å². The van der Waals surface area contributed by atoms with Gasteiger partial charge in [-0.15, -0.1) is 0 Å². The van der Waals surface area contributed by atoms with Crippen LogP contribution in [-0.2, 0) is 6.54 Å². The van der Waals surface area contributed by atoms with Crippen molar-refractivity contribution < 1.29 is 15.0 Å². The molecule has 0 bridgehead atoms. The summed E-state index contributed by atoms with van der Waals surface area (Å²) in [6, 6.07) is 3.29. The van der Waals surface area contributed by atoms with E-state index in [2.05, 4.69) is 0 Å². The number of hydrogen-bond donors (Lipinski definition) is 3. The summed E-state index contributed by atoms with van der Waals surface area (Å²) in [5.74, 6) is -0.957. The van der Waals surface area contributed by atoms with E-state index in [1.54, 1.807) is 19.1 Å². The van der Waals surface area contributed by atoms with Gasteiger partial charge in [-0.2, -0.15) is 0 Å². The molecular weight excluding hydrogens is 256 g/mol. The Balaban J connectivity index is 2.69. The molecule has 5 heteroatoms.